The molecule has 1 unspecified atom stereocenters. The maximum atomic E-state index is 12.7. The van der Waals surface area contributed by atoms with Gasteiger partial charge in [0.15, 0.2) is 0 Å². The molecule has 5 heteroatoms. The molecule has 0 bridgehead atoms. The van der Waals surface area contributed by atoms with E-state index in [9.17, 15) is 4.79 Å². The summed E-state index contributed by atoms with van der Waals surface area (Å²) in [7, 11) is 0. The van der Waals surface area contributed by atoms with Crippen LogP contribution in [0.1, 0.15) is 49.5 Å². The molecule has 1 atom stereocenters. The average Bonchev–Trinajstić information content (AvgIpc) is 2.79. The Bertz CT molecular complexity index is 956. The van der Waals surface area contributed by atoms with Crippen LogP contribution >= 0.6 is 0 Å². The van der Waals surface area contributed by atoms with Crippen LogP contribution in [0.2, 0.25) is 0 Å². The van der Waals surface area contributed by atoms with Gasteiger partial charge in [-0.05, 0) is 48.2 Å². The van der Waals surface area contributed by atoms with Gasteiger partial charge in [-0.3, -0.25) is 9.97 Å². The van der Waals surface area contributed by atoms with E-state index < -0.39 is 5.97 Å². The quantitative estimate of drug-likeness (QED) is 0.336. The van der Waals surface area contributed by atoms with Crippen molar-refractivity contribution in [2.24, 2.45) is 5.92 Å². The number of carbonyl (C=O) groups excluding carboxylic acids is 1. The smallest absolute Gasteiger partial charge is 0.343 e. The van der Waals surface area contributed by atoms with Gasteiger partial charge in [0.25, 0.3) is 0 Å². The SMILES string of the molecule is CCCc1ccc(C(=O)Oc2ccc(OCC(C)CC)cc2-c2cnccn2)cc1. The maximum Gasteiger partial charge on any atom is 0.343 e. The van der Waals surface area contributed by atoms with Crippen LogP contribution in [0.3, 0.4) is 0 Å². The summed E-state index contributed by atoms with van der Waals surface area (Å²) in [6.45, 7) is 7.04. The van der Waals surface area contributed by atoms with E-state index in [4.69, 9.17) is 9.47 Å². The van der Waals surface area contributed by atoms with Gasteiger partial charge in [-0.2, -0.15) is 0 Å². The first-order valence-electron chi connectivity index (χ1n) is 10.4. The first-order valence-corrected chi connectivity index (χ1v) is 10.4. The molecule has 156 valence electrons. The van der Waals surface area contributed by atoms with Crippen LogP contribution in [0.5, 0.6) is 11.5 Å². The van der Waals surface area contributed by atoms with E-state index in [-0.39, 0.29) is 0 Å². The molecule has 3 aromatic rings. The largest absolute Gasteiger partial charge is 0.493 e. The summed E-state index contributed by atoms with van der Waals surface area (Å²) in [6, 6.07) is 13.0. The molecule has 0 spiro atoms. The zero-order valence-electron chi connectivity index (χ0n) is 17.8. The van der Waals surface area contributed by atoms with Crippen molar-refractivity contribution in [2.45, 2.75) is 40.0 Å². The molecule has 2 aromatic carbocycles. The molecule has 0 saturated heterocycles. The highest BCUT2D eigenvalue weighted by molar-refractivity contribution is 5.92. The van der Waals surface area contributed by atoms with Crippen LogP contribution in [0.15, 0.2) is 61.1 Å². The van der Waals surface area contributed by atoms with Crippen LogP contribution in [0, 0.1) is 5.92 Å². The van der Waals surface area contributed by atoms with E-state index in [1.807, 2.05) is 24.3 Å². The van der Waals surface area contributed by atoms with Crippen molar-refractivity contribution in [1.82, 2.24) is 9.97 Å². The zero-order valence-corrected chi connectivity index (χ0v) is 17.8. The molecule has 5 nitrogen and oxygen atoms in total. The normalized spacial score (nSPS) is 11.7. The van der Waals surface area contributed by atoms with Gasteiger partial charge in [-0.25, -0.2) is 4.79 Å². The van der Waals surface area contributed by atoms with Crippen molar-refractivity contribution < 1.29 is 14.3 Å². The standard InChI is InChI=1S/C25H28N2O3/c1-4-6-19-7-9-20(10-8-19)25(28)30-24-12-11-21(29-17-18(3)5-2)15-22(24)23-16-26-13-14-27-23/h7-16,18H,4-6,17H2,1-3H3. The Labute approximate surface area is 178 Å². The number of esters is 1. The van der Waals surface area contributed by atoms with Gasteiger partial charge in [0.05, 0.1) is 24.1 Å². The summed E-state index contributed by atoms with van der Waals surface area (Å²) in [6.07, 6.45) is 7.96. The summed E-state index contributed by atoms with van der Waals surface area (Å²) in [4.78, 5) is 21.2. The molecule has 0 fully saturated rings. The van der Waals surface area contributed by atoms with Gasteiger partial charge in [0, 0.05) is 18.0 Å². The van der Waals surface area contributed by atoms with Gasteiger partial charge in [-0.1, -0.05) is 45.7 Å². The topological polar surface area (TPSA) is 61.3 Å². The minimum Gasteiger partial charge on any atom is -0.493 e. The van der Waals surface area contributed by atoms with Gasteiger partial charge >= 0.3 is 5.97 Å². The van der Waals surface area contributed by atoms with Gasteiger partial charge in [0.2, 0.25) is 0 Å². The molecule has 3 rings (SSSR count). The second kappa shape index (κ2) is 10.5. The third-order valence-corrected chi connectivity index (χ3v) is 4.95. The minimum absolute atomic E-state index is 0.406. The predicted octanol–water partition coefficient (Wildman–Crippen LogP) is 5.74. The fourth-order valence-corrected chi connectivity index (χ4v) is 2.94. The van der Waals surface area contributed by atoms with Crippen LogP contribution in [-0.4, -0.2) is 22.5 Å². The molecular weight excluding hydrogens is 376 g/mol. The third-order valence-electron chi connectivity index (χ3n) is 4.95. The lowest BCUT2D eigenvalue weighted by Crippen LogP contribution is -2.10. The van der Waals surface area contributed by atoms with E-state index in [1.165, 1.54) is 5.56 Å². The first kappa shape index (κ1) is 21.5. The number of nitrogens with zero attached hydrogens (tertiary/aromatic N) is 2. The number of aromatic nitrogens is 2. The maximum absolute atomic E-state index is 12.7. The summed E-state index contributed by atoms with van der Waals surface area (Å²) in [5.74, 6) is 1.18. The third kappa shape index (κ3) is 5.66. The predicted molar refractivity (Wildman–Crippen MR) is 118 cm³/mol. The summed E-state index contributed by atoms with van der Waals surface area (Å²) in [5.41, 5.74) is 3.00. The Morgan fingerprint density at radius 2 is 1.87 bits per heavy atom. The molecule has 0 aliphatic carbocycles. The highest BCUT2D eigenvalue weighted by Gasteiger charge is 2.15. The van der Waals surface area contributed by atoms with Crippen LogP contribution in [0.25, 0.3) is 11.3 Å². The molecular formula is C25H28N2O3. The van der Waals surface area contributed by atoms with Crippen LogP contribution in [-0.2, 0) is 6.42 Å². The van der Waals surface area contributed by atoms with E-state index in [0.717, 1.165) is 19.3 Å². The number of carbonyl (C=O) groups is 1. The number of benzene rings is 2. The van der Waals surface area contributed by atoms with Crippen molar-refractivity contribution in [3.63, 3.8) is 0 Å². The van der Waals surface area contributed by atoms with Crippen molar-refractivity contribution >= 4 is 5.97 Å². The fourth-order valence-electron chi connectivity index (χ4n) is 2.94. The average molecular weight is 405 g/mol. The van der Waals surface area contributed by atoms with Crippen molar-refractivity contribution in [3.8, 4) is 22.8 Å². The Balaban J connectivity index is 1.84. The molecule has 0 saturated carbocycles. The highest BCUT2D eigenvalue weighted by atomic mass is 16.5. The molecule has 0 aliphatic heterocycles. The molecule has 1 aromatic heterocycles. The van der Waals surface area contributed by atoms with Gasteiger partial charge in [-0.15, -0.1) is 0 Å². The number of rotatable bonds is 9. The van der Waals surface area contributed by atoms with Crippen LogP contribution in [0.4, 0.5) is 0 Å². The van der Waals surface area contributed by atoms with Gasteiger partial charge < -0.3 is 9.47 Å². The Morgan fingerprint density at radius 1 is 1.07 bits per heavy atom. The monoisotopic (exact) mass is 404 g/mol. The Hall–Kier alpha value is -3.21. The van der Waals surface area contributed by atoms with E-state index >= 15 is 0 Å². The van der Waals surface area contributed by atoms with Gasteiger partial charge in [0.1, 0.15) is 11.5 Å². The number of ether oxygens (including phenoxy) is 2. The second-order valence-corrected chi connectivity index (χ2v) is 7.41. The second-order valence-electron chi connectivity index (χ2n) is 7.41. The fraction of sp³-hybridized carbons (Fsp3) is 0.320. The van der Waals surface area contributed by atoms with Crippen LogP contribution < -0.4 is 9.47 Å². The summed E-state index contributed by atoms with van der Waals surface area (Å²) >= 11 is 0. The minimum atomic E-state index is -0.406. The molecule has 1 heterocycles. The molecule has 0 N–H and O–H groups in total. The Kier molecular flexibility index (Phi) is 7.55. The lowest BCUT2D eigenvalue weighted by Gasteiger charge is -2.14. The summed E-state index contributed by atoms with van der Waals surface area (Å²) < 4.78 is 11.6. The van der Waals surface area contributed by atoms with Crippen molar-refractivity contribution in [1.29, 1.82) is 0 Å². The molecule has 0 radical (unpaired) electrons. The molecule has 30 heavy (non-hydrogen) atoms. The summed E-state index contributed by atoms with van der Waals surface area (Å²) in [5, 5.41) is 0. The molecule has 0 aliphatic rings. The van der Waals surface area contributed by atoms with Crippen molar-refractivity contribution in [3.05, 3.63) is 72.2 Å². The lowest BCUT2D eigenvalue weighted by atomic mass is 10.1. The van der Waals surface area contributed by atoms with Crippen molar-refractivity contribution in [2.75, 3.05) is 6.61 Å². The zero-order chi connectivity index (χ0) is 21.3. The number of aryl methyl sites for hydroxylation is 1. The first-order chi connectivity index (χ1) is 14.6. The number of hydrogen-bond acceptors (Lipinski definition) is 5. The molecule has 0 amide bonds. The number of hydrogen-bond donors (Lipinski definition) is 0. The van der Waals surface area contributed by atoms with E-state index in [1.54, 1.807) is 36.8 Å². The Morgan fingerprint density at radius 3 is 2.53 bits per heavy atom. The van der Waals surface area contributed by atoms with E-state index in [2.05, 4.69) is 30.7 Å². The highest BCUT2D eigenvalue weighted by Crippen LogP contribution is 2.33. The van der Waals surface area contributed by atoms with E-state index in [0.29, 0.717) is 40.8 Å². The lowest BCUT2D eigenvalue weighted by molar-refractivity contribution is 0.0735.